The molecule has 0 radical (unpaired) electrons. The number of carboxylic acid groups (broad SMARTS) is 1. The van der Waals surface area contributed by atoms with Crippen LogP contribution in [-0.4, -0.2) is 57.9 Å². The van der Waals surface area contributed by atoms with E-state index >= 15 is 0 Å². The van der Waals surface area contributed by atoms with E-state index in [1.165, 1.54) is 54.6 Å². The molecule has 0 fully saturated rings. The summed E-state index contributed by atoms with van der Waals surface area (Å²) in [7, 11) is -2.47. The van der Waals surface area contributed by atoms with Gasteiger partial charge in [0.15, 0.2) is 11.5 Å². The molecule has 3 aromatic carbocycles. The van der Waals surface area contributed by atoms with Gasteiger partial charge < -0.3 is 28.8 Å². The lowest BCUT2D eigenvalue weighted by Gasteiger charge is -2.18. The lowest BCUT2D eigenvalue weighted by Crippen LogP contribution is -2.28. The maximum absolute atomic E-state index is 12.6. The Balaban J connectivity index is 1.61. The van der Waals surface area contributed by atoms with Crippen LogP contribution in [0.25, 0.3) is 0 Å². The number of aromatic nitrogens is 2. The van der Waals surface area contributed by atoms with Crippen molar-refractivity contribution in [3.05, 3.63) is 117 Å². The van der Waals surface area contributed by atoms with Crippen LogP contribution in [0.3, 0.4) is 0 Å². The summed E-state index contributed by atoms with van der Waals surface area (Å²) in [5.41, 5.74) is 0.122. The quantitative estimate of drug-likeness (QED) is 0.0649. The number of carbonyl (C=O) groups excluding carboxylic acids is 1. The molecule has 1 N–H and O–H groups in total. The fourth-order valence-electron chi connectivity index (χ4n) is 4.83. The number of aryl methyl sites for hydroxylation is 1. The highest BCUT2D eigenvalue weighted by molar-refractivity contribution is 7.73. The zero-order valence-electron chi connectivity index (χ0n) is 27.9. The number of nitrogens with zero attached hydrogens (tertiary/aromatic N) is 4. The molecular weight excluding hydrogens is 712 g/mol. The number of carbonyl (C=O) groups is 2. The molecule has 0 saturated carbocycles. The fraction of sp³-hybridized carbons (Fsp3) is 0.167. The van der Waals surface area contributed by atoms with Gasteiger partial charge in [-0.15, -0.1) is 0 Å². The summed E-state index contributed by atoms with van der Waals surface area (Å²) in [4.78, 5) is 44.8. The van der Waals surface area contributed by atoms with E-state index in [0.717, 1.165) is 0 Å². The van der Waals surface area contributed by atoms with Crippen LogP contribution < -0.4 is 18.9 Å². The summed E-state index contributed by atoms with van der Waals surface area (Å²) in [6.07, 6.45) is 2.04. The largest absolute Gasteiger partial charge is 0.478 e. The maximum atomic E-state index is 12.6. The number of para-hydroxylation sites is 1. The van der Waals surface area contributed by atoms with Gasteiger partial charge in [-0.2, -0.15) is 23.6 Å². The third-order valence-electron chi connectivity index (χ3n) is 7.22. The van der Waals surface area contributed by atoms with Crippen LogP contribution in [0.4, 0.5) is 5.69 Å². The number of allylic oxidation sites excluding steroid dienone is 3. The van der Waals surface area contributed by atoms with Crippen molar-refractivity contribution in [2.24, 2.45) is 0 Å². The number of hydrogen-bond donors (Lipinski definition) is 1. The summed E-state index contributed by atoms with van der Waals surface area (Å²) in [6.45, 7) is 3.35. The highest BCUT2D eigenvalue weighted by Gasteiger charge is 2.34. The van der Waals surface area contributed by atoms with Crippen molar-refractivity contribution in [3.63, 3.8) is 0 Å². The van der Waals surface area contributed by atoms with Gasteiger partial charge in [0, 0.05) is 18.9 Å². The fourth-order valence-corrected chi connectivity index (χ4v) is 5.23. The van der Waals surface area contributed by atoms with E-state index in [0.29, 0.717) is 16.9 Å². The zero-order chi connectivity index (χ0) is 38.1. The molecule has 4 aromatic rings. The molecule has 16 nitrogen and oxygen atoms in total. The third-order valence-corrected chi connectivity index (χ3v) is 7.95. The highest BCUT2D eigenvalue weighted by Crippen LogP contribution is 2.42. The number of hydrogen-bond acceptors (Lipinski definition) is 14. The molecule has 1 aliphatic carbocycles. The van der Waals surface area contributed by atoms with Gasteiger partial charge in [0.1, 0.15) is 11.5 Å². The Morgan fingerprint density at radius 2 is 1.74 bits per heavy atom. The Hall–Kier alpha value is -7.06. The number of ether oxygens (including phenoxy) is 5. The van der Waals surface area contributed by atoms with Crippen LogP contribution in [-0.2, 0) is 19.8 Å². The van der Waals surface area contributed by atoms with Gasteiger partial charge in [0.2, 0.25) is 16.4 Å². The van der Waals surface area contributed by atoms with Gasteiger partial charge in [-0.1, -0.05) is 30.4 Å². The van der Waals surface area contributed by atoms with Gasteiger partial charge in [-0.25, -0.2) is 9.59 Å². The van der Waals surface area contributed by atoms with Crippen LogP contribution in [0.2, 0.25) is 0 Å². The first-order chi connectivity index (χ1) is 25.4. The predicted molar refractivity (Wildman–Crippen MR) is 186 cm³/mol. The Labute approximate surface area is 302 Å². The first-order valence-electron chi connectivity index (χ1n) is 15.6. The average Bonchev–Trinajstić information content (AvgIpc) is 3.12. The average molecular weight is 741 g/mol. The molecule has 53 heavy (non-hydrogen) atoms. The summed E-state index contributed by atoms with van der Waals surface area (Å²) in [6, 6.07) is 18.3. The van der Waals surface area contributed by atoms with E-state index in [2.05, 4.69) is 9.97 Å². The van der Waals surface area contributed by atoms with E-state index in [9.17, 15) is 38.5 Å². The Morgan fingerprint density at radius 3 is 2.38 bits per heavy atom. The zero-order valence-corrected chi connectivity index (χ0v) is 28.7. The number of aliphatic carboxylic acids is 1. The molecule has 0 bridgehead atoms. The minimum atomic E-state index is -2.47. The molecular formula is C36H28N4O12S. The van der Waals surface area contributed by atoms with Gasteiger partial charge in [0.05, 0.1) is 33.6 Å². The first kappa shape index (κ1) is 37.2. The molecule has 270 valence electrons. The summed E-state index contributed by atoms with van der Waals surface area (Å²) >= 11 is 0. The summed E-state index contributed by atoms with van der Waals surface area (Å²) < 4.78 is 51.1. The smallest absolute Gasteiger partial charge is 0.392 e. The number of nitro groups is 1. The molecule has 0 amide bonds. The SMILES string of the molecule is CCOC(=O)c1cc(C)cc(Oc2nc(Oc3cc(C#N)ccc3Oc3ccccc3)nc(OC(CC3=CCC(=S(=O)=O)C=C3)C(=O)O)c2[N+](=O)[O-])c1. The predicted octanol–water partition coefficient (Wildman–Crippen LogP) is 6.28. The number of esters is 1. The van der Waals surface area contributed by atoms with E-state index in [-0.39, 0.29) is 52.7 Å². The number of benzene rings is 3. The Kier molecular flexibility index (Phi) is 11.8. The lowest BCUT2D eigenvalue weighted by atomic mass is 10.0. The van der Waals surface area contributed by atoms with Crippen molar-refractivity contribution in [1.29, 1.82) is 5.26 Å². The van der Waals surface area contributed by atoms with Crippen molar-refractivity contribution in [2.75, 3.05) is 6.61 Å². The molecule has 0 spiro atoms. The first-order valence-corrected chi connectivity index (χ1v) is 16.7. The van der Waals surface area contributed by atoms with Crippen LogP contribution in [0.5, 0.6) is 40.8 Å². The number of rotatable bonds is 14. The lowest BCUT2D eigenvalue weighted by molar-refractivity contribution is -0.387. The normalized spacial score (nSPS) is 12.5. The summed E-state index contributed by atoms with van der Waals surface area (Å²) in [5.74, 6) is -3.53. The van der Waals surface area contributed by atoms with E-state index < -0.39 is 56.7 Å². The standard InChI is InChI=1S/C36H28N4O12S/c1-3-48-35(43)24-15-21(2)16-26(19-24)50-32-31(40(44)45)33(51-30(34(41)42)17-22-9-12-27(13-10-22)53(46)47)39-36(38-32)52-29-18-23(20-37)11-14-28(29)49-25-7-5-4-6-8-25/h4-12,14-16,18-19,30H,3,13,17H2,1-2H3,(H,41,42). The van der Waals surface area contributed by atoms with Gasteiger partial charge in [0.25, 0.3) is 0 Å². The second-order valence-electron chi connectivity index (χ2n) is 11.0. The number of nitriles is 1. The van der Waals surface area contributed by atoms with Crippen molar-refractivity contribution in [3.8, 4) is 46.8 Å². The molecule has 17 heteroatoms. The third kappa shape index (κ3) is 9.59. The molecule has 0 saturated heterocycles. The van der Waals surface area contributed by atoms with E-state index in [1.807, 2.05) is 6.07 Å². The van der Waals surface area contributed by atoms with Crippen molar-refractivity contribution < 1.29 is 51.7 Å². The minimum absolute atomic E-state index is 0.00264. The molecule has 1 aliphatic rings. The van der Waals surface area contributed by atoms with Crippen LogP contribution in [0, 0.1) is 28.4 Å². The topological polar surface area (TPSA) is 227 Å². The molecule has 1 heterocycles. The maximum Gasteiger partial charge on any atom is 0.392 e. The second-order valence-corrected chi connectivity index (χ2v) is 12.0. The van der Waals surface area contributed by atoms with Crippen LogP contribution >= 0.6 is 0 Å². The monoisotopic (exact) mass is 740 g/mol. The van der Waals surface area contributed by atoms with Gasteiger partial charge in [-0.3, -0.25) is 10.1 Å². The molecule has 1 unspecified atom stereocenters. The van der Waals surface area contributed by atoms with Gasteiger partial charge in [-0.05, 0) is 73.5 Å². The van der Waals surface area contributed by atoms with Crippen molar-refractivity contribution in [2.45, 2.75) is 32.8 Å². The second kappa shape index (κ2) is 16.8. The summed E-state index contributed by atoms with van der Waals surface area (Å²) in [5, 5.41) is 32.2. The Morgan fingerprint density at radius 1 is 0.981 bits per heavy atom. The van der Waals surface area contributed by atoms with E-state index in [4.69, 9.17) is 23.7 Å². The number of carboxylic acids is 1. The van der Waals surface area contributed by atoms with Crippen LogP contribution in [0.15, 0.2) is 90.5 Å². The molecule has 0 aliphatic heterocycles. The molecule has 5 rings (SSSR count). The van der Waals surface area contributed by atoms with Gasteiger partial charge >= 0.3 is 35.4 Å². The minimum Gasteiger partial charge on any atom is -0.478 e. The van der Waals surface area contributed by atoms with Crippen molar-refractivity contribution in [1.82, 2.24) is 9.97 Å². The van der Waals surface area contributed by atoms with E-state index in [1.54, 1.807) is 44.2 Å². The Bertz CT molecular complexity index is 2330. The molecule has 1 aromatic heterocycles. The molecule has 1 atom stereocenters. The van der Waals surface area contributed by atoms with Crippen LogP contribution in [0.1, 0.15) is 41.3 Å². The highest BCUT2D eigenvalue weighted by atomic mass is 32.2. The van der Waals surface area contributed by atoms with Crippen molar-refractivity contribution >= 4 is 32.8 Å².